The number of nitrogens with two attached hydrogens (primary N) is 1. The average molecular weight is 394 g/mol. The molecule has 0 fully saturated rings. The molecule has 0 amide bonds. The molecular formula is C14H27IN4O. The average Bonchev–Trinajstić information content (AvgIpc) is 2.94. The third-order valence-corrected chi connectivity index (χ3v) is 3.12. The zero-order valence-electron chi connectivity index (χ0n) is 12.6. The van der Waals surface area contributed by atoms with E-state index in [1.165, 1.54) is 0 Å². The van der Waals surface area contributed by atoms with Gasteiger partial charge in [0.1, 0.15) is 5.76 Å². The molecule has 1 atom stereocenters. The van der Waals surface area contributed by atoms with Crippen LogP contribution in [0.15, 0.2) is 27.8 Å². The molecule has 1 aromatic heterocycles. The largest absolute Gasteiger partial charge is 0.468 e. The zero-order chi connectivity index (χ0) is 14.1. The lowest BCUT2D eigenvalue weighted by Gasteiger charge is -2.26. The minimum Gasteiger partial charge on any atom is -0.468 e. The van der Waals surface area contributed by atoms with Gasteiger partial charge < -0.3 is 15.5 Å². The first-order valence-corrected chi connectivity index (χ1v) is 7.04. The Morgan fingerprint density at radius 3 is 2.60 bits per heavy atom. The normalized spacial score (nSPS) is 13.1. The highest BCUT2D eigenvalue weighted by Gasteiger charge is 2.20. The Morgan fingerprint density at radius 1 is 1.40 bits per heavy atom. The van der Waals surface area contributed by atoms with Crippen LogP contribution in [-0.4, -0.2) is 37.0 Å². The fraction of sp³-hybridized carbons (Fsp3) is 0.643. The van der Waals surface area contributed by atoms with Crippen LogP contribution in [0.1, 0.15) is 39.0 Å². The number of nitrogens with zero attached hydrogens (tertiary/aromatic N) is 2. The van der Waals surface area contributed by atoms with Gasteiger partial charge in [-0.05, 0) is 31.6 Å². The van der Waals surface area contributed by atoms with E-state index in [-0.39, 0.29) is 30.0 Å². The van der Waals surface area contributed by atoms with Gasteiger partial charge in [0.2, 0.25) is 0 Å². The molecule has 20 heavy (non-hydrogen) atoms. The van der Waals surface area contributed by atoms with Crippen molar-refractivity contribution in [3.8, 4) is 0 Å². The van der Waals surface area contributed by atoms with Crippen molar-refractivity contribution in [3.05, 3.63) is 24.2 Å². The predicted octanol–water partition coefficient (Wildman–Crippen LogP) is 2.59. The Balaban J connectivity index is 0.00000361. The molecule has 0 radical (unpaired) electrons. The molecule has 0 aliphatic rings. The van der Waals surface area contributed by atoms with Crippen LogP contribution in [-0.2, 0) is 0 Å². The molecule has 0 saturated heterocycles. The van der Waals surface area contributed by atoms with Crippen molar-refractivity contribution in [1.29, 1.82) is 0 Å². The smallest absolute Gasteiger partial charge is 0.188 e. The maximum absolute atomic E-state index is 5.83. The molecule has 0 aliphatic heterocycles. The second kappa shape index (κ2) is 11.0. The van der Waals surface area contributed by atoms with Crippen molar-refractivity contribution >= 4 is 29.9 Å². The minimum atomic E-state index is 0. The Hall–Kier alpha value is -0.760. The van der Waals surface area contributed by atoms with Crippen LogP contribution in [0, 0.1) is 0 Å². The summed E-state index contributed by atoms with van der Waals surface area (Å²) in [5.74, 6) is 1.45. The number of aliphatic imine (C=N–C) groups is 1. The fourth-order valence-electron chi connectivity index (χ4n) is 2.02. The van der Waals surface area contributed by atoms with Crippen molar-refractivity contribution in [2.75, 3.05) is 26.2 Å². The lowest BCUT2D eigenvalue weighted by molar-refractivity contribution is 0.198. The maximum Gasteiger partial charge on any atom is 0.188 e. The Bertz CT molecular complexity index is 363. The SMILES string of the molecule is CCCNC(N)=NCC(c1ccco1)N(CC)CC.I. The summed E-state index contributed by atoms with van der Waals surface area (Å²) in [5.41, 5.74) is 5.83. The summed E-state index contributed by atoms with van der Waals surface area (Å²) >= 11 is 0. The topological polar surface area (TPSA) is 66.8 Å². The van der Waals surface area contributed by atoms with Gasteiger partial charge >= 0.3 is 0 Å². The first-order chi connectivity index (χ1) is 9.22. The van der Waals surface area contributed by atoms with Gasteiger partial charge in [0.15, 0.2) is 5.96 Å². The van der Waals surface area contributed by atoms with E-state index in [1.807, 2.05) is 12.1 Å². The molecule has 5 nitrogen and oxygen atoms in total. The molecule has 0 bridgehead atoms. The van der Waals surface area contributed by atoms with Crippen LogP contribution in [0.4, 0.5) is 0 Å². The highest BCUT2D eigenvalue weighted by atomic mass is 127. The number of hydrogen-bond acceptors (Lipinski definition) is 3. The van der Waals surface area contributed by atoms with E-state index in [4.69, 9.17) is 10.2 Å². The molecule has 3 N–H and O–H groups in total. The van der Waals surface area contributed by atoms with Gasteiger partial charge in [-0.3, -0.25) is 9.89 Å². The van der Waals surface area contributed by atoms with Crippen LogP contribution in [0.2, 0.25) is 0 Å². The fourth-order valence-corrected chi connectivity index (χ4v) is 2.02. The van der Waals surface area contributed by atoms with Crippen molar-refractivity contribution < 1.29 is 4.42 Å². The van der Waals surface area contributed by atoms with Gasteiger partial charge in [-0.15, -0.1) is 24.0 Å². The number of furan rings is 1. The number of hydrogen-bond donors (Lipinski definition) is 2. The molecule has 1 heterocycles. The summed E-state index contributed by atoms with van der Waals surface area (Å²) in [6, 6.07) is 4.05. The Morgan fingerprint density at radius 2 is 2.10 bits per heavy atom. The van der Waals surface area contributed by atoms with E-state index in [2.05, 4.69) is 36.0 Å². The summed E-state index contributed by atoms with van der Waals surface area (Å²) in [6.45, 7) is 9.76. The van der Waals surface area contributed by atoms with Crippen LogP contribution < -0.4 is 11.1 Å². The molecule has 1 unspecified atom stereocenters. The van der Waals surface area contributed by atoms with Crippen LogP contribution in [0.3, 0.4) is 0 Å². The third kappa shape index (κ3) is 6.13. The first kappa shape index (κ1) is 19.2. The van der Waals surface area contributed by atoms with Crippen LogP contribution in [0.5, 0.6) is 0 Å². The van der Waals surface area contributed by atoms with Crippen molar-refractivity contribution in [2.24, 2.45) is 10.7 Å². The number of rotatable bonds is 8. The second-order valence-electron chi connectivity index (χ2n) is 4.41. The number of nitrogens with one attached hydrogen (secondary N) is 1. The van der Waals surface area contributed by atoms with Gasteiger partial charge in [0.05, 0.1) is 18.8 Å². The monoisotopic (exact) mass is 394 g/mol. The van der Waals surface area contributed by atoms with E-state index in [0.717, 1.165) is 31.8 Å². The number of halogens is 1. The molecule has 0 spiro atoms. The van der Waals surface area contributed by atoms with Gasteiger partial charge in [0.25, 0.3) is 0 Å². The standard InChI is InChI=1S/C14H26N4O.HI/c1-4-9-16-14(15)17-11-12(18(5-2)6-3)13-8-7-10-19-13;/h7-8,10,12H,4-6,9,11H2,1-3H3,(H3,15,16,17);1H. The van der Waals surface area contributed by atoms with Crippen LogP contribution >= 0.6 is 24.0 Å². The lowest BCUT2D eigenvalue weighted by Crippen LogP contribution is -2.35. The maximum atomic E-state index is 5.83. The van der Waals surface area contributed by atoms with Crippen molar-refractivity contribution in [1.82, 2.24) is 10.2 Å². The lowest BCUT2D eigenvalue weighted by atomic mass is 10.2. The van der Waals surface area contributed by atoms with Gasteiger partial charge in [-0.2, -0.15) is 0 Å². The highest BCUT2D eigenvalue weighted by molar-refractivity contribution is 14.0. The number of likely N-dealkylation sites (N-methyl/N-ethyl adjacent to an activating group) is 1. The molecule has 0 aromatic carbocycles. The van der Waals surface area contributed by atoms with Crippen molar-refractivity contribution in [2.45, 2.75) is 33.2 Å². The molecule has 1 rings (SSSR count). The second-order valence-corrected chi connectivity index (χ2v) is 4.41. The third-order valence-electron chi connectivity index (χ3n) is 3.12. The Kier molecular flexibility index (Phi) is 10.5. The van der Waals surface area contributed by atoms with Crippen LogP contribution in [0.25, 0.3) is 0 Å². The molecule has 0 aliphatic carbocycles. The van der Waals surface area contributed by atoms with Gasteiger partial charge in [-0.25, -0.2) is 0 Å². The number of guanidine groups is 1. The van der Waals surface area contributed by atoms with E-state index < -0.39 is 0 Å². The summed E-state index contributed by atoms with van der Waals surface area (Å²) < 4.78 is 5.52. The summed E-state index contributed by atoms with van der Waals surface area (Å²) in [4.78, 5) is 6.73. The van der Waals surface area contributed by atoms with E-state index in [0.29, 0.717) is 12.5 Å². The predicted molar refractivity (Wildman–Crippen MR) is 94.6 cm³/mol. The highest BCUT2D eigenvalue weighted by Crippen LogP contribution is 2.21. The molecule has 116 valence electrons. The molecular weight excluding hydrogens is 367 g/mol. The van der Waals surface area contributed by atoms with Gasteiger partial charge in [-0.1, -0.05) is 20.8 Å². The first-order valence-electron chi connectivity index (χ1n) is 7.04. The summed E-state index contributed by atoms with van der Waals surface area (Å²) in [5, 5.41) is 3.09. The molecule has 0 saturated carbocycles. The minimum absolute atomic E-state index is 0. The summed E-state index contributed by atoms with van der Waals surface area (Å²) in [7, 11) is 0. The molecule has 6 heteroatoms. The van der Waals surface area contributed by atoms with E-state index in [9.17, 15) is 0 Å². The summed E-state index contributed by atoms with van der Waals surface area (Å²) in [6.07, 6.45) is 2.74. The van der Waals surface area contributed by atoms with Gasteiger partial charge in [0, 0.05) is 6.54 Å². The molecule has 1 aromatic rings. The Labute approximate surface area is 139 Å². The quantitative estimate of drug-likeness (QED) is 0.404. The van der Waals surface area contributed by atoms with E-state index >= 15 is 0 Å². The van der Waals surface area contributed by atoms with E-state index in [1.54, 1.807) is 6.26 Å². The zero-order valence-corrected chi connectivity index (χ0v) is 15.0. The van der Waals surface area contributed by atoms with Crippen molar-refractivity contribution in [3.63, 3.8) is 0 Å².